The zero-order valence-electron chi connectivity index (χ0n) is 19.2. The van der Waals surface area contributed by atoms with Crippen LogP contribution in [-0.4, -0.2) is 62.4 Å². The van der Waals surface area contributed by atoms with Gasteiger partial charge in [0.1, 0.15) is 4.58 Å². The molecule has 11 nitrogen and oxygen atoms in total. The Bertz CT molecular complexity index is 1300. The number of fused-ring (bicyclic) bond motifs is 1. The van der Waals surface area contributed by atoms with Crippen molar-refractivity contribution in [3.63, 3.8) is 0 Å². The monoisotopic (exact) mass is 498 g/mol. The lowest BCUT2D eigenvalue weighted by Crippen LogP contribution is -2.79. The summed E-state index contributed by atoms with van der Waals surface area (Å²) in [5.74, 6) is -1.05. The van der Waals surface area contributed by atoms with E-state index in [-0.39, 0.29) is 22.8 Å². The third kappa shape index (κ3) is 3.62. The molecular weight excluding hydrogens is 472 g/mol. The van der Waals surface area contributed by atoms with Crippen molar-refractivity contribution >= 4 is 33.3 Å². The molecule has 0 saturated carbocycles. The highest BCUT2D eigenvalue weighted by Crippen LogP contribution is 2.52. The lowest BCUT2D eigenvalue weighted by atomic mass is 9.82. The Morgan fingerprint density at radius 2 is 1.94 bits per heavy atom. The van der Waals surface area contributed by atoms with Gasteiger partial charge in [0, 0.05) is 26.0 Å². The number of hydrogen-bond donors (Lipinski definition) is 1. The second-order valence-electron chi connectivity index (χ2n) is 8.96. The molecule has 1 aromatic heterocycles. The van der Waals surface area contributed by atoms with Crippen molar-refractivity contribution in [2.24, 2.45) is 12.5 Å². The number of ether oxygens (including phenoxy) is 1. The second-order valence-corrected chi connectivity index (χ2v) is 12.4. The summed E-state index contributed by atoms with van der Waals surface area (Å²) in [7, 11) is -1.56. The van der Waals surface area contributed by atoms with Crippen molar-refractivity contribution in [1.82, 2.24) is 19.7 Å². The molecule has 3 atom stereocenters. The lowest BCUT2D eigenvalue weighted by molar-refractivity contribution is -0.183. The Hall–Kier alpha value is -2.51. The molecule has 1 N–H and O–H groups in total. The van der Waals surface area contributed by atoms with E-state index < -0.39 is 53.6 Å². The number of aryl methyl sites for hydroxylation is 1. The quantitative estimate of drug-likeness (QED) is 0.333. The maximum atomic E-state index is 13.8. The van der Waals surface area contributed by atoms with E-state index in [0.717, 1.165) is 9.58 Å². The Morgan fingerprint density at radius 1 is 1.33 bits per heavy atom. The molecule has 180 valence electrons. The van der Waals surface area contributed by atoms with Crippen molar-refractivity contribution in [3.8, 4) is 0 Å². The number of methoxy groups -OCH3 is 1. The number of amides is 1. The number of Topliss-reactive ketones (excluding diaryl/α,β-unsaturated/α-hetero) is 1. The van der Waals surface area contributed by atoms with Gasteiger partial charge in [-0.2, -0.15) is 4.98 Å². The number of β-lactam (4-membered cyclic amide) rings is 1. The normalized spacial score (nSPS) is 26.6. The highest BCUT2D eigenvalue weighted by Gasteiger charge is 2.71. The van der Waals surface area contributed by atoms with Crippen LogP contribution in [0.5, 0.6) is 0 Å². The third-order valence-electron chi connectivity index (χ3n) is 5.66. The van der Waals surface area contributed by atoms with Gasteiger partial charge in [-0.1, -0.05) is 38.6 Å². The molecule has 3 rings (SSSR count). The van der Waals surface area contributed by atoms with Gasteiger partial charge >= 0.3 is 11.1 Å². The highest BCUT2D eigenvalue weighted by molar-refractivity contribution is 8.14. The first-order chi connectivity index (χ1) is 15.1. The molecule has 0 aliphatic carbocycles. The van der Waals surface area contributed by atoms with Gasteiger partial charge in [-0.05, 0) is 12.5 Å². The van der Waals surface area contributed by atoms with E-state index in [9.17, 15) is 27.6 Å². The number of carbonyl (C=O) groups excluding carboxylic acids is 2. The number of carbonyl (C=O) groups is 2. The summed E-state index contributed by atoms with van der Waals surface area (Å²) < 4.78 is 32.8. The van der Waals surface area contributed by atoms with E-state index in [2.05, 4.69) is 16.7 Å². The Balaban J connectivity index is 2.28. The maximum absolute atomic E-state index is 13.8. The van der Waals surface area contributed by atoms with Gasteiger partial charge in [0.2, 0.25) is 0 Å². The van der Waals surface area contributed by atoms with Crippen molar-refractivity contribution in [3.05, 3.63) is 44.6 Å². The molecular formula is C20H26N4O7S2. The van der Waals surface area contributed by atoms with Gasteiger partial charge in [-0.3, -0.25) is 33.9 Å². The van der Waals surface area contributed by atoms with Crippen LogP contribution in [0, 0.1) is 5.41 Å². The Morgan fingerprint density at radius 3 is 2.45 bits per heavy atom. The van der Waals surface area contributed by atoms with Gasteiger partial charge in [0.15, 0.2) is 31.8 Å². The molecule has 0 bridgehead atoms. The zero-order chi connectivity index (χ0) is 25.1. The van der Waals surface area contributed by atoms with Gasteiger partial charge < -0.3 is 4.74 Å². The van der Waals surface area contributed by atoms with E-state index in [1.54, 1.807) is 20.8 Å². The minimum absolute atomic E-state index is 0.0176. The van der Waals surface area contributed by atoms with Crippen LogP contribution >= 0.6 is 11.8 Å². The molecule has 3 heterocycles. The number of rotatable bonds is 6. The van der Waals surface area contributed by atoms with Crippen LogP contribution in [-0.2, 0) is 31.2 Å². The molecule has 1 aromatic rings. The molecule has 1 fully saturated rings. The summed E-state index contributed by atoms with van der Waals surface area (Å²) in [5.41, 5.74) is -4.55. The van der Waals surface area contributed by atoms with Crippen molar-refractivity contribution in [2.75, 3.05) is 7.11 Å². The summed E-state index contributed by atoms with van der Waals surface area (Å²) in [4.78, 5) is 54.6. The minimum Gasteiger partial charge on any atom is -0.365 e. The van der Waals surface area contributed by atoms with Crippen LogP contribution < -0.4 is 11.1 Å². The largest absolute Gasteiger partial charge is 0.365 e. The van der Waals surface area contributed by atoms with E-state index in [1.165, 1.54) is 27.2 Å². The van der Waals surface area contributed by atoms with Crippen LogP contribution in [0.4, 0.5) is 0 Å². The number of aromatic amines is 1. The molecule has 1 unspecified atom stereocenters. The number of allylic oxidation sites excluding steroid dienone is 1. The number of thioether (sulfide) groups is 1. The first-order valence-electron chi connectivity index (χ1n) is 9.97. The first kappa shape index (κ1) is 25.1. The fourth-order valence-electron chi connectivity index (χ4n) is 3.99. The number of nitrogens with zero attached hydrogens (tertiary/aromatic N) is 3. The number of aromatic nitrogens is 3. The highest BCUT2D eigenvalue weighted by atomic mass is 32.3. The van der Waals surface area contributed by atoms with Gasteiger partial charge in [-0.25, -0.2) is 8.42 Å². The summed E-state index contributed by atoms with van der Waals surface area (Å²) in [6.45, 7) is 10.1. The number of sulfone groups is 1. The summed E-state index contributed by atoms with van der Waals surface area (Å²) in [5, 5.41) is 0.733. The third-order valence-corrected chi connectivity index (χ3v) is 10.1. The molecule has 2 aliphatic heterocycles. The molecule has 1 saturated heterocycles. The van der Waals surface area contributed by atoms with Crippen molar-refractivity contribution < 1.29 is 22.7 Å². The van der Waals surface area contributed by atoms with E-state index in [1.807, 2.05) is 0 Å². The molecule has 13 heteroatoms. The smallest absolute Gasteiger partial charge is 0.339 e. The van der Waals surface area contributed by atoms with Crippen LogP contribution in [0.15, 0.2) is 38.7 Å². The van der Waals surface area contributed by atoms with Crippen molar-refractivity contribution in [1.29, 1.82) is 0 Å². The van der Waals surface area contributed by atoms with Crippen molar-refractivity contribution in [2.45, 2.75) is 54.8 Å². The molecule has 33 heavy (non-hydrogen) atoms. The van der Waals surface area contributed by atoms with Crippen LogP contribution in [0.2, 0.25) is 0 Å². The Labute approximate surface area is 194 Å². The summed E-state index contributed by atoms with van der Waals surface area (Å²) in [6, 6.07) is 0. The van der Waals surface area contributed by atoms with Crippen LogP contribution in [0.1, 0.15) is 34.1 Å². The molecule has 1 amide bonds. The van der Waals surface area contributed by atoms with Gasteiger partial charge in [0.05, 0.1) is 5.70 Å². The average Bonchev–Trinajstić information content (AvgIpc) is 2.71. The SMILES string of the molecule is C=CC[C@@]1(OC)C(=O)N2C(C(=O)C(C)(C)C)=C(C)C(Sc3nc(=O)c(=O)[nH]n3C)S(=O)(=O)[C@@H]21. The van der Waals surface area contributed by atoms with Crippen LogP contribution in [0.25, 0.3) is 0 Å². The molecule has 2 aliphatic rings. The topological polar surface area (TPSA) is 148 Å². The number of H-pyrrole nitrogens is 1. The zero-order valence-corrected chi connectivity index (χ0v) is 20.8. The lowest BCUT2D eigenvalue weighted by Gasteiger charge is -2.57. The summed E-state index contributed by atoms with van der Waals surface area (Å²) in [6.07, 6.45) is 1.31. The number of ketones is 1. The standard InChI is InChI=1S/C20H26N4O7S2/c1-8-9-20(31-7)16(28)24-11(12(25)19(3,4)5)10(2)15(33(29,30)17(20)24)32-18-21-13(26)14(27)22-23(18)6/h8,15,17H,1,9H2,2-7H3,(H,22,27)/t15?,17-,20-/m1/s1. The maximum Gasteiger partial charge on any atom is 0.339 e. The predicted octanol–water partition coefficient (Wildman–Crippen LogP) is 0.334. The fourth-order valence-corrected chi connectivity index (χ4v) is 8.08. The molecule has 0 spiro atoms. The number of nitrogens with one attached hydrogen (secondary N) is 1. The van der Waals surface area contributed by atoms with E-state index in [4.69, 9.17) is 4.74 Å². The Kier molecular flexibility index (Phi) is 6.14. The first-order valence-corrected chi connectivity index (χ1v) is 12.5. The van der Waals surface area contributed by atoms with Gasteiger partial charge in [-0.15, -0.1) is 6.58 Å². The minimum atomic E-state index is -4.20. The number of hydrogen-bond acceptors (Lipinski definition) is 9. The molecule has 0 radical (unpaired) electrons. The van der Waals surface area contributed by atoms with E-state index in [0.29, 0.717) is 11.8 Å². The predicted molar refractivity (Wildman–Crippen MR) is 121 cm³/mol. The molecule has 0 aromatic carbocycles. The van der Waals surface area contributed by atoms with E-state index >= 15 is 0 Å². The summed E-state index contributed by atoms with van der Waals surface area (Å²) >= 11 is 0.695. The van der Waals surface area contributed by atoms with Gasteiger partial charge in [0.25, 0.3) is 5.91 Å². The van der Waals surface area contributed by atoms with Crippen LogP contribution in [0.3, 0.4) is 0 Å². The second kappa shape index (κ2) is 8.06. The average molecular weight is 499 g/mol. The fraction of sp³-hybridized carbons (Fsp3) is 0.550.